The highest BCUT2D eigenvalue weighted by atomic mass is 16.3. The minimum atomic E-state index is 0.281. The van der Waals surface area contributed by atoms with Crippen molar-refractivity contribution >= 4 is 21.9 Å². The Kier molecular flexibility index (Phi) is 7.35. The Morgan fingerprint density at radius 3 is 1.92 bits per heavy atom. The number of hydrogen-bond acceptors (Lipinski definition) is 5. The first-order valence-corrected chi connectivity index (χ1v) is 17.8. The maximum Gasteiger partial charge on any atom is 0.164 e. The molecule has 5 heteroatoms. The monoisotopic (exact) mass is 650 g/mol. The van der Waals surface area contributed by atoms with Gasteiger partial charge in [0.1, 0.15) is 11.2 Å². The largest absolute Gasteiger partial charge is 0.456 e. The molecule has 244 valence electrons. The van der Waals surface area contributed by atoms with E-state index in [4.69, 9.17) is 19.4 Å². The lowest BCUT2D eigenvalue weighted by Crippen LogP contribution is -2.42. The summed E-state index contributed by atoms with van der Waals surface area (Å²) in [6.45, 7) is 4.89. The molecule has 4 atom stereocenters. The molecule has 9 rings (SSSR count). The Labute approximate surface area is 292 Å². The highest BCUT2D eigenvalue weighted by molar-refractivity contribution is 6.06. The van der Waals surface area contributed by atoms with Crippen molar-refractivity contribution in [2.75, 3.05) is 0 Å². The maximum absolute atomic E-state index is 9.39. The van der Waals surface area contributed by atoms with Gasteiger partial charge in [-0.2, -0.15) is 5.26 Å². The number of fused-ring (bicyclic) bond motifs is 5. The molecule has 0 spiro atoms. The Balaban J connectivity index is 1.10. The zero-order chi connectivity index (χ0) is 33.8. The molecule has 0 amide bonds. The molecule has 2 unspecified atom stereocenters. The van der Waals surface area contributed by atoms with E-state index < -0.39 is 0 Å². The minimum Gasteiger partial charge on any atom is -0.456 e. The maximum atomic E-state index is 9.39. The molecule has 0 radical (unpaired) electrons. The number of furan rings is 1. The number of benzene rings is 5. The molecule has 2 aliphatic carbocycles. The van der Waals surface area contributed by atoms with Crippen LogP contribution in [0.4, 0.5) is 0 Å². The molecule has 0 saturated heterocycles. The minimum absolute atomic E-state index is 0.281. The SMILES string of the molecule is C[C@@H]1CC2C[C@H](C)CC(c3ccc(-c4nc(-c5ccccc5)nc(-c5cccc(-c6ccc7c(c6)oc6ccc(C#N)cc67)c5)n4)cc3)(C2)C1. The molecular weight excluding hydrogens is 613 g/mol. The van der Waals surface area contributed by atoms with E-state index in [1.54, 1.807) is 6.07 Å². The molecule has 5 aromatic carbocycles. The number of hydrogen-bond donors (Lipinski definition) is 0. The van der Waals surface area contributed by atoms with Crippen molar-refractivity contribution in [1.82, 2.24) is 15.0 Å². The van der Waals surface area contributed by atoms with Crippen molar-refractivity contribution in [2.24, 2.45) is 17.8 Å². The van der Waals surface area contributed by atoms with Crippen LogP contribution in [0.5, 0.6) is 0 Å². The third-order valence-corrected chi connectivity index (χ3v) is 11.1. The van der Waals surface area contributed by atoms with Crippen LogP contribution in [-0.4, -0.2) is 15.0 Å². The first-order chi connectivity index (χ1) is 24.4. The van der Waals surface area contributed by atoms with Gasteiger partial charge in [0.25, 0.3) is 0 Å². The highest BCUT2D eigenvalue weighted by Crippen LogP contribution is 2.54. The van der Waals surface area contributed by atoms with Crippen molar-refractivity contribution in [3.63, 3.8) is 0 Å². The summed E-state index contributed by atoms with van der Waals surface area (Å²) in [4.78, 5) is 15.1. The van der Waals surface area contributed by atoms with Crippen molar-refractivity contribution in [1.29, 1.82) is 5.26 Å². The van der Waals surface area contributed by atoms with Gasteiger partial charge in [0.15, 0.2) is 17.5 Å². The van der Waals surface area contributed by atoms with Gasteiger partial charge in [-0.15, -0.1) is 0 Å². The van der Waals surface area contributed by atoms with E-state index in [0.29, 0.717) is 23.0 Å². The van der Waals surface area contributed by atoms with Crippen molar-refractivity contribution in [2.45, 2.75) is 51.4 Å². The summed E-state index contributed by atoms with van der Waals surface area (Å²) in [5, 5.41) is 11.3. The summed E-state index contributed by atoms with van der Waals surface area (Å²) in [5.74, 6) is 4.36. The Hall–Kier alpha value is -5.60. The Morgan fingerprint density at radius 1 is 0.580 bits per heavy atom. The van der Waals surface area contributed by atoms with Crippen LogP contribution in [0, 0.1) is 29.1 Å². The van der Waals surface area contributed by atoms with E-state index in [1.165, 1.54) is 37.7 Å². The normalized spacial score (nSPS) is 21.7. The van der Waals surface area contributed by atoms with Gasteiger partial charge in [-0.3, -0.25) is 0 Å². The second-order valence-corrected chi connectivity index (χ2v) is 14.9. The first kappa shape index (κ1) is 30.5. The predicted molar refractivity (Wildman–Crippen MR) is 200 cm³/mol. The standard InChI is InChI=1S/C45H38N4O/c1-28-19-31-20-29(2)25-45(24-28,26-31)37-15-12-33(13-16-37)43-47-42(32-7-4-3-5-8-32)48-44(49-43)36-10-6-9-34(22-36)35-14-17-38-39-21-30(27-46)11-18-40(39)50-41(38)23-35/h3-18,21-23,28-29,31H,19-20,24-26H2,1-2H3/t28-,29+,31?,45?. The summed E-state index contributed by atoms with van der Waals surface area (Å²) < 4.78 is 6.20. The number of rotatable bonds is 5. The van der Waals surface area contributed by atoms with Gasteiger partial charge in [0.05, 0.1) is 11.6 Å². The average molecular weight is 651 g/mol. The highest BCUT2D eigenvalue weighted by Gasteiger charge is 2.45. The molecule has 2 saturated carbocycles. The fourth-order valence-electron chi connectivity index (χ4n) is 9.25. The fraction of sp³-hybridized carbons (Fsp3) is 0.244. The van der Waals surface area contributed by atoms with Crippen LogP contribution in [0.3, 0.4) is 0 Å². The van der Waals surface area contributed by atoms with Crippen LogP contribution in [0.2, 0.25) is 0 Å². The van der Waals surface area contributed by atoms with E-state index in [-0.39, 0.29) is 5.41 Å². The third-order valence-electron chi connectivity index (χ3n) is 11.1. The predicted octanol–water partition coefficient (Wildman–Crippen LogP) is 11.4. The van der Waals surface area contributed by atoms with Gasteiger partial charge in [-0.05, 0) is 108 Å². The summed E-state index contributed by atoms with van der Waals surface area (Å²) in [6, 6.07) is 41.7. The van der Waals surface area contributed by atoms with Crippen molar-refractivity contribution < 1.29 is 4.42 Å². The molecule has 7 aromatic rings. The summed E-state index contributed by atoms with van der Waals surface area (Å²) in [5.41, 5.74) is 8.88. The zero-order valence-corrected chi connectivity index (χ0v) is 28.4. The summed E-state index contributed by atoms with van der Waals surface area (Å²) >= 11 is 0. The van der Waals surface area contributed by atoms with E-state index >= 15 is 0 Å². The topological polar surface area (TPSA) is 75.6 Å². The molecule has 2 aromatic heterocycles. The van der Waals surface area contributed by atoms with Crippen molar-refractivity contribution in [3.05, 3.63) is 126 Å². The lowest BCUT2D eigenvalue weighted by molar-refractivity contribution is 0.0780. The first-order valence-electron chi connectivity index (χ1n) is 17.8. The lowest BCUT2D eigenvalue weighted by atomic mass is 9.54. The van der Waals surface area contributed by atoms with Crippen LogP contribution in [0.25, 0.3) is 67.2 Å². The molecule has 50 heavy (non-hydrogen) atoms. The smallest absolute Gasteiger partial charge is 0.164 e. The molecule has 0 N–H and O–H groups in total. The number of nitriles is 1. The van der Waals surface area contributed by atoms with Gasteiger partial charge in [-0.1, -0.05) is 92.7 Å². The average Bonchev–Trinajstić information content (AvgIpc) is 3.51. The van der Waals surface area contributed by atoms with Crippen LogP contribution >= 0.6 is 0 Å². The number of aromatic nitrogens is 3. The van der Waals surface area contributed by atoms with Crippen LogP contribution in [0.1, 0.15) is 57.1 Å². The molecule has 0 aliphatic heterocycles. The Bertz CT molecular complexity index is 2400. The van der Waals surface area contributed by atoms with E-state index in [2.05, 4.69) is 98.8 Å². The van der Waals surface area contributed by atoms with Gasteiger partial charge in [0.2, 0.25) is 0 Å². The molecule has 2 bridgehead atoms. The third kappa shape index (κ3) is 5.46. The van der Waals surface area contributed by atoms with Gasteiger partial charge in [-0.25, -0.2) is 15.0 Å². The van der Waals surface area contributed by atoms with Crippen LogP contribution in [0.15, 0.2) is 120 Å². The van der Waals surface area contributed by atoms with Crippen LogP contribution in [-0.2, 0) is 5.41 Å². The Morgan fingerprint density at radius 2 is 1.20 bits per heavy atom. The second kappa shape index (κ2) is 12.1. The molecule has 5 nitrogen and oxygen atoms in total. The summed E-state index contributed by atoms with van der Waals surface area (Å²) in [7, 11) is 0. The summed E-state index contributed by atoms with van der Waals surface area (Å²) in [6.07, 6.45) is 6.63. The van der Waals surface area contributed by atoms with E-state index in [1.807, 2.05) is 30.3 Å². The second-order valence-electron chi connectivity index (χ2n) is 14.9. The van der Waals surface area contributed by atoms with Gasteiger partial charge >= 0.3 is 0 Å². The molecule has 2 heterocycles. The quantitative estimate of drug-likeness (QED) is 0.185. The zero-order valence-electron chi connectivity index (χ0n) is 28.4. The molecule has 2 aliphatic rings. The fourth-order valence-corrected chi connectivity index (χ4v) is 9.25. The number of nitrogens with zero attached hydrogens (tertiary/aromatic N) is 4. The van der Waals surface area contributed by atoms with E-state index in [0.717, 1.165) is 67.5 Å². The van der Waals surface area contributed by atoms with Crippen LogP contribution < -0.4 is 0 Å². The van der Waals surface area contributed by atoms with E-state index in [9.17, 15) is 5.26 Å². The van der Waals surface area contributed by atoms with Crippen molar-refractivity contribution in [3.8, 4) is 51.4 Å². The molecular formula is C45H38N4O. The lowest BCUT2D eigenvalue weighted by Gasteiger charge is -2.50. The van der Waals surface area contributed by atoms with Gasteiger partial charge < -0.3 is 4.42 Å². The van der Waals surface area contributed by atoms with Gasteiger partial charge in [0, 0.05) is 27.5 Å². The molecule has 2 fully saturated rings.